The molecule has 3 amide bonds. The molecule has 14 nitrogen and oxygen atoms in total. The number of nitrogens with two attached hydrogens (primary N) is 1. The Morgan fingerprint density at radius 2 is 1.65 bits per heavy atom. The number of aliphatic hydroxyl groups excluding tert-OH is 1. The first-order valence-electron chi connectivity index (χ1n) is 13.1. The van der Waals surface area contributed by atoms with E-state index in [0.29, 0.717) is 0 Å². The van der Waals surface area contributed by atoms with Crippen LogP contribution in [-0.4, -0.2) is 70.5 Å². The summed E-state index contributed by atoms with van der Waals surface area (Å²) in [6.07, 6.45) is -2.44. The van der Waals surface area contributed by atoms with Gasteiger partial charge in [-0.25, -0.2) is 17.9 Å². The number of urea groups is 1. The molecule has 0 aliphatic heterocycles. The summed E-state index contributed by atoms with van der Waals surface area (Å²) in [5.41, 5.74) is 2.17. The van der Waals surface area contributed by atoms with Gasteiger partial charge in [0, 0.05) is 18.3 Å². The van der Waals surface area contributed by atoms with Crippen LogP contribution in [0.15, 0.2) is 41.3 Å². The Bertz CT molecular complexity index is 1740. The molecule has 0 saturated heterocycles. The van der Waals surface area contributed by atoms with E-state index in [-0.39, 0.29) is 10.5 Å². The molecule has 2 aromatic carbocycles. The molecule has 43 heavy (non-hydrogen) atoms. The molecule has 15 heteroatoms. The number of Topliss-reactive ketones (excluding diaryl/α,β-unsaturated/α-hetero) is 4. The number of primary amides is 1. The SMILES string of the molecule is Cc1ccc(S(=O)(=O)NC(=O)Nc2ccc3c(c2O)C(=O)C2C(=O)[C@]4(O)C(=O)C(C(N)=O)C(=O)C[C@@H]4[C@@H](O)[C@@H]2[C@H]3C)cc1. The van der Waals surface area contributed by atoms with Crippen molar-refractivity contribution in [1.82, 2.24) is 4.72 Å². The number of aromatic hydroxyl groups is 1. The highest BCUT2D eigenvalue weighted by atomic mass is 32.2. The number of carbonyl (C=O) groups excluding carboxylic acids is 6. The first-order chi connectivity index (χ1) is 20.0. The Balaban J connectivity index is 1.49. The van der Waals surface area contributed by atoms with Crippen LogP contribution in [0, 0.1) is 30.6 Å². The van der Waals surface area contributed by atoms with Crippen LogP contribution in [0.2, 0.25) is 0 Å². The van der Waals surface area contributed by atoms with Crippen LogP contribution >= 0.6 is 0 Å². The van der Waals surface area contributed by atoms with E-state index in [0.717, 1.165) is 5.56 Å². The summed E-state index contributed by atoms with van der Waals surface area (Å²) >= 11 is 0. The van der Waals surface area contributed by atoms with Crippen molar-refractivity contribution in [3.8, 4) is 5.75 Å². The lowest BCUT2D eigenvalue weighted by Crippen LogP contribution is -2.72. The number of rotatable bonds is 4. The van der Waals surface area contributed by atoms with E-state index in [4.69, 9.17) is 5.73 Å². The first kappa shape index (κ1) is 30.0. The van der Waals surface area contributed by atoms with Gasteiger partial charge in [0.05, 0.1) is 28.2 Å². The highest BCUT2D eigenvalue weighted by Crippen LogP contribution is 2.54. The number of fused-ring (bicyclic) bond motifs is 3. The quantitative estimate of drug-likeness (QED) is 0.193. The van der Waals surface area contributed by atoms with Crippen molar-refractivity contribution >= 4 is 50.8 Å². The lowest BCUT2D eigenvalue weighted by molar-refractivity contribution is -0.189. The van der Waals surface area contributed by atoms with E-state index in [2.05, 4.69) is 5.32 Å². The fraction of sp³-hybridized carbons (Fsp3) is 0.357. The maximum Gasteiger partial charge on any atom is 0.333 e. The molecule has 0 radical (unpaired) electrons. The molecule has 0 aromatic heterocycles. The summed E-state index contributed by atoms with van der Waals surface area (Å²) in [4.78, 5) is 77.3. The Morgan fingerprint density at radius 1 is 1.02 bits per heavy atom. The topological polar surface area (TPSA) is 247 Å². The van der Waals surface area contributed by atoms with Gasteiger partial charge in [0.15, 0.2) is 34.7 Å². The zero-order valence-electron chi connectivity index (χ0n) is 22.7. The highest BCUT2D eigenvalue weighted by molar-refractivity contribution is 7.90. The fourth-order valence-corrected chi connectivity index (χ4v) is 7.41. The van der Waals surface area contributed by atoms with Crippen molar-refractivity contribution in [1.29, 1.82) is 0 Å². The Morgan fingerprint density at radius 3 is 2.26 bits per heavy atom. The number of carbonyl (C=O) groups is 6. The van der Waals surface area contributed by atoms with Crippen molar-refractivity contribution in [3.05, 3.63) is 53.1 Å². The van der Waals surface area contributed by atoms with Crippen LogP contribution in [0.4, 0.5) is 10.5 Å². The van der Waals surface area contributed by atoms with Crippen molar-refractivity contribution < 1.29 is 52.5 Å². The first-order valence-corrected chi connectivity index (χ1v) is 14.6. The predicted octanol–water partition coefficient (Wildman–Crippen LogP) is -0.322. The third kappa shape index (κ3) is 4.42. The van der Waals surface area contributed by atoms with E-state index < -0.39 is 110 Å². The van der Waals surface area contributed by atoms with Crippen LogP contribution in [-0.2, 0) is 29.2 Å². The molecule has 226 valence electrons. The van der Waals surface area contributed by atoms with Gasteiger partial charge in [-0.15, -0.1) is 0 Å². The Hall–Kier alpha value is -4.47. The number of phenolic OH excluding ortho intramolecular Hbond substituents is 1. The molecule has 0 heterocycles. The number of amides is 3. The standard InChI is InChI=1S/C28H27N3O11S/c1-10-3-5-12(6-4-10)43(41,42)31-27(39)30-15-8-7-13-11(2)17-20(23(35)18(13)22(15)34)25(37)28(40)14(21(17)33)9-16(32)19(24(28)36)26(29)38/h3-8,11,14,17,19-21,33-34,40H,9H2,1-2H3,(H2,29,38)(H2,30,31,39)/t11-,14+,17+,19?,20?,21+,28+/m0/s1. The minimum absolute atomic E-state index is 0.155. The number of hydrogen-bond donors (Lipinski definition) is 6. The third-order valence-electron chi connectivity index (χ3n) is 8.67. The lowest BCUT2D eigenvalue weighted by Gasteiger charge is -2.52. The van der Waals surface area contributed by atoms with Gasteiger partial charge >= 0.3 is 6.03 Å². The number of aliphatic hydroxyl groups is 2. The molecular formula is C28H27N3O11S. The van der Waals surface area contributed by atoms with Crippen LogP contribution in [0.1, 0.15) is 40.7 Å². The number of phenols is 1. The van der Waals surface area contributed by atoms with Crippen molar-refractivity contribution in [3.63, 3.8) is 0 Å². The summed E-state index contributed by atoms with van der Waals surface area (Å²) in [5, 5.41) is 35.8. The van der Waals surface area contributed by atoms with Gasteiger partial charge in [-0.2, -0.15) is 0 Å². The molecule has 7 atom stereocenters. The summed E-state index contributed by atoms with van der Waals surface area (Å²) in [6.45, 7) is 3.27. The van der Waals surface area contributed by atoms with Crippen LogP contribution in [0.3, 0.4) is 0 Å². The van der Waals surface area contributed by atoms with Gasteiger partial charge in [0.2, 0.25) is 5.91 Å². The summed E-state index contributed by atoms with van der Waals surface area (Å²) < 4.78 is 27.0. The molecule has 3 aliphatic carbocycles. The average Bonchev–Trinajstić information content (AvgIpc) is 2.92. The van der Waals surface area contributed by atoms with Crippen LogP contribution < -0.4 is 15.8 Å². The Kier molecular flexibility index (Phi) is 7.02. The number of aryl methyl sites for hydroxylation is 1. The summed E-state index contributed by atoms with van der Waals surface area (Å²) in [6, 6.07) is 6.86. The maximum absolute atomic E-state index is 13.8. The number of benzene rings is 2. The second-order valence-corrected chi connectivity index (χ2v) is 12.8. The van der Waals surface area contributed by atoms with Gasteiger partial charge in [0.1, 0.15) is 5.75 Å². The second kappa shape index (κ2) is 10.1. The lowest BCUT2D eigenvalue weighted by atomic mass is 9.50. The molecular weight excluding hydrogens is 586 g/mol. The van der Waals surface area contributed by atoms with Crippen molar-refractivity contribution in [2.75, 3.05) is 5.32 Å². The zero-order valence-corrected chi connectivity index (χ0v) is 23.5. The van der Waals surface area contributed by atoms with Gasteiger partial charge in [-0.05, 0) is 36.6 Å². The Labute approximate surface area is 244 Å². The normalized spacial score (nSPS) is 30.1. The number of hydrogen-bond acceptors (Lipinski definition) is 11. The molecule has 0 bridgehead atoms. The molecule has 7 N–H and O–H groups in total. The molecule has 3 aliphatic rings. The number of anilines is 1. The molecule has 0 spiro atoms. The smallest absolute Gasteiger partial charge is 0.333 e. The van der Waals surface area contributed by atoms with Crippen molar-refractivity contribution in [2.24, 2.45) is 29.4 Å². The minimum atomic E-state index is -4.31. The third-order valence-corrected chi connectivity index (χ3v) is 10.0. The van der Waals surface area contributed by atoms with Gasteiger partial charge in [-0.3, -0.25) is 24.0 Å². The van der Waals surface area contributed by atoms with E-state index >= 15 is 0 Å². The number of nitrogens with one attached hydrogen (secondary N) is 2. The van der Waals surface area contributed by atoms with Gasteiger partial charge < -0.3 is 26.4 Å². The average molecular weight is 614 g/mol. The van der Waals surface area contributed by atoms with E-state index in [1.807, 2.05) is 0 Å². The molecule has 2 saturated carbocycles. The van der Waals surface area contributed by atoms with Crippen LogP contribution in [0.25, 0.3) is 0 Å². The second-order valence-electron chi connectivity index (χ2n) is 11.1. The fourth-order valence-electron chi connectivity index (χ4n) is 6.50. The minimum Gasteiger partial charge on any atom is -0.505 e. The van der Waals surface area contributed by atoms with E-state index in [1.54, 1.807) is 11.6 Å². The highest BCUT2D eigenvalue weighted by Gasteiger charge is 2.69. The molecule has 5 rings (SSSR count). The summed E-state index contributed by atoms with van der Waals surface area (Å²) in [5.74, 6) is -14.9. The number of ketones is 4. The van der Waals surface area contributed by atoms with Crippen LogP contribution in [0.5, 0.6) is 5.75 Å². The van der Waals surface area contributed by atoms with Gasteiger partial charge in [0.25, 0.3) is 10.0 Å². The van der Waals surface area contributed by atoms with Gasteiger partial charge in [-0.1, -0.05) is 30.7 Å². The summed E-state index contributed by atoms with van der Waals surface area (Å²) in [7, 11) is -4.31. The predicted molar refractivity (Wildman–Crippen MR) is 145 cm³/mol. The molecule has 2 aromatic rings. The number of sulfonamides is 1. The van der Waals surface area contributed by atoms with Crippen molar-refractivity contribution in [2.45, 2.75) is 42.8 Å². The monoisotopic (exact) mass is 613 g/mol. The zero-order chi connectivity index (χ0) is 31.8. The molecule has 2 unspecified atom stereocenters. The molecule has 2 fully saturated rings. The van der Waals surface area contributed by atoms with E-state index in [9.17, 15) is 52.5 Å². The van der Waals surface area contributed by atoms with E-state index in [1.165, 1.54) is 43.3 Å². The maximum atomic E-state index is 13.8. The largest absolute Gasteiger partial charge is 0.505 e.